The van der Waals surface area contributed by atoms with Crippen molar-refractivity contribution < 1.29 is 13.2 Å². The molecule has 132 valence electrons. The van der Waals surface area contributed by atoms with Crippen LogP contribution in [0.25, 0.3) is 10.9 Å². The maximum absolute atomic E-state index is 13.1. The number of rotatable bonds is 2. The lowest BCUT2D eigenvalue weighted by molar-refractivity contribution is -0.137. The highest BCUT2D eigenvalue weighted by Crippen LogP contribution is 2.33. The van der Waals surface area contributed by atoms with Gasteiger partial charge in [0, 0.05) is 7.05 Å². The summed E-state index contributed by atoms with van der Waals surface area (Å²) >= 11 is 0. The Bertz CT molecular complexity index is 1170. The van der Waals surface area contributed by atoms with Crippen molar-refractivity contribution in [3.05, 3.63) is 80.0 Å². The molecule has 0 saturated carbocycles. The Labute approximate surface area is 145 Å². The molecule has 0 atom stereocenters. The average Bonchev–Trinajstić information content (AvgIpc) is 2.62. The van der Waals surface area contributed by atoms with Gasteiger partial charge in [-0.25, -0.2) is 4.79 Å². The lowest BCUT2D eigenvalue weighted by Crippen LogP contribution is -2.38. The van der Waals surface area contributed by atoms with Gasteiger partial charge in [-0.15, -0.1) is 0 Å². The average molecular weight is 359 g/mol. The zero-order chi connectivity index (χ0) is 19.1. The number of hydrogen-bond acceptors (Lipinski definition) is 3. The number of benzene rings is 2. The van der Waals surface area contributed by atoms with Gasteiger partial charge in [-0.3, -0.25) is 13.9 Å². The minimum atomic E-state index is -4.68. The van der Waals surface area contributed by atoms with Crippen molar-refractivity contribution in [3.8, 4) is 6.07 Å². The number of halogens is 3. The fraction of sp³-hybridized carbons (Fsp3) is 0.167. The number of hydrogen-bond donors (Lipinski definition) is 0. The topological polar surface area (TPSA) is 67.8 Å². The van der Waals surface area contributed by atoms with E-state index >= 15 is 0 Å². The molecule has 0 spiro atoms. The number of nitriles is 1. The van der Waals surface area contributed by atoms with Crippen LogP contribution in [0.3, 0.4) is 0 Å². The first-order chi connectivity index (χ1) is 12.3. The van der Waals surface area contributed by atoms with Gasteiger partial charge in [-0.2, -0.15) is 18.4 Å². The lowest BCUT2D eigenvalue weighted by Gasteiger charge is -2.15. The van der Waals surface area contributed by atoms with E-state index in [2.05, 4.69) is 0 Å². The van der Waals surface area contributed by atoms with Crippen molar-refractivity contribution in [1.29, 1.82) is 5.26 Å². The second-order valence-electron chi connectivity index (χ2n) is 5.70. The van der Waals surface area contributed by atoms with E-state index < -0.39 is 28.6 Å². The highest BCUT2D eigenvalue weighted by atomic mass is 19.4. The molecule has 0 aliphatic carbocycles. The molecule has 1 aromatic heterocycles. The molecule has 2 aromatic carbocycles. The van der Waals surface area contributed by atoms with Gasteiger partial charge in [0.2, 0.25) is 0 Å². The van der Waals surface area contributed by atoms with E-state index in [0.29, 0.717) is 5.52 Å². The largest absolute Gasteiger partial charge is 0.417 e. The maximum Gasteiger partial charge on any atom is 0.417 e. The molecular weight excluding hydrogens is 347 g/mol. The molecule has 0 bridgehead atoms. The van der Waals surface area contributed by atoms with Crippen LogP contribution in [0.4, 0.5) is 13.2 Å². The van der Waals surface area contributed by atoms with E-state index in [4.69, 9.17) is 0 Å². The van der Waals surface area contributed by atoms with E-state index in [9.17, 15) is 28.0 Å². The second-order valence-corrected chi connectivity index (χ2v) is 5.70. The standard InChI is InChI=1S/C18H12F3N3O2/c1-23-16(25)12-6-2-3-8-15(12)24(17(23)26)10-11-5-4-7-14(13(11)9-22)18(19,20)21/h2-8H,10H2,1H3. The van der Waals surface area contributed by atoms with Gasteiger partial charge in [0.25, 0.3) is 5.56 Å². The number of aromatic nitrogens is 2. The molecule has 0 aliphatic rings. The summed E-state index contributed by atoms with van der Waals surface area (Å²) in [4.78, 5) is 24.7. The van der Waals surface area contributed by atoms with Crippen LogP contribution in [0.15, 0.2) is 52.1 Å². The zero-order valence-electron chi connectivity index (χ0n) is 13.5. The summed E-state index contributed by atoms with van der Waals surface area (Å²) in [5.74, 6) is 0. The first kappa shape index (κ1) is 17.5. The number of nitrogens with zero attached hydrogens (tertiary/aromatic N) is 3. The zero-order valence-corrected chi connectivity index (χ0v) is 13.5. The van der Waals surface area contributed by atoms with Gasteiger partial charge in [0.15, 0.2) is 0 Å². The summed E-state index contributed by atoms with van der Waals surface area (Å²) in [5.41, 5.74) is -2.42. The van der Waals surface area contributed by atoms with Gasteiger partial charge in [-0.05, 0) is 23.8 Å². The molecule has 3 rings (SSSR count). The molecule has 0 unspecified atom stereocenters. The molecule has 0 amide bonds. The third-order valence-electron chi connectivity index (χ3n) is 4.14. The van der Waals surface area contributed by atoms with Crippen molar-refractivity contribution in [3.63, 3.8) is 0 Å². The lowest BCUT2D eigenvalue weighted by atomic mass is 10.0. The molecule has 0 aliphatic heterocycles. The van der Waals surface area contributed by atoms with Crippen LogP contribution in [0.2, 0.25) is 0 Å². The van der Waals surface area contributed by atoms with Crippen molar-refractivity contribution >= 4 is 10.9 Å². The van der Waals surface area contributed by atoms with Gasteiger partial charge in [0.05, 0.1) is 28.6 Å². The van der Waals surface area contributed by atoms with Crippen LogP contribution in [0, 0.1) is 11.3 Å². The summed E-state index contributed by atoms with van der Waals surface area (Å²) in [5, 5.41) is 9.49. The summed E-state index contributed by atoms with van der Waals surface area (Å²) in [7, 11) is 1.30. The van der Waals surface area contributed by atoms with Crippen molar-refractivity contribution in [2.75, 3.05) is 0 Å². The molecular formula is C18H12F3N3O2. The monoisotopic (exact) mass is 359 g/mol. The minimum Gasteiger partial charge on any atom is -0.289 e. The molecule has 0 fully saturated rings. The fourth-order valence-electron chi connectivity index (χ4n) is 2.86. The molecule has 0 radical (unpaired) electrons. The number of para-hydroxylation sites is 1. The SMILES string of the molecule is Cn1c(=O)c2ccccc2n(Cc2cccc(C(F)(F)F)c2C#N)c1=O. The summed E-state index contributed by atoms with van der Waals surface area (Å²) < 4.78 is 41.5. The Balaban J connectivity index is 2.29. The van der Waals surface area contributed by atoms with Crippen LogP contribution in [0.1, 0.15) is 16.7 Å². The Hall–Kier alpha value is -3.34. The van der Waals surface area contributed by atoms with E-state index in [0.717, 1.165) is 10.6 Å². The number of alkyl halides is 3. The Morgan fingerprint density at radius 3 is 2.42 bits per heavy atom. The van der Waals surface area contributed by atoms with Crippen molar-refractivity contribution in [2.24, 2.45) is 7.05 Å². The van der Waals surface area contributed by atoms with Crippen LogP contribution >= 0.6 is 0 Å². The van der Waals surface area contributed by atoms with Gasteiger partial charge in [0.1, 0.15) is 6.07 Å². The molecule has 1 heterocycles. The normalized spacial score (nSPS) is 11.5. The predicted molar refractivity (Wildman–Crippen MR) is 88.7 cm³/mol. The summed E-state index contributed by atoms with van der Waals surface area (Å²) in [6, 6.07) is 11.3. The van der Waals surface area contributed by atoms with E-state index in [1.165, 1.54) is 35.9 Å². The van der Waals surface area contributed by atoms with Crippen LogP contribution in [-0.4, -0.2) is 9.13 Å². The fourth-order valence-corrected chi connectivity index (χ4v) is 2.86. The Morgan fingerprint density at radius 1 is 1.08 bits per heavy atom. The second kappa shape index (κ2) is 6.19. The van der Waals surface area contributed by atoms with Crippen molar-refractivity contribution in [2.45, 2.75) is 12.7 Å². The molecule has 8 heteroatoms. The van der Waals surface area contributed by atoms with Crippen molar-refractivity contribution in [1.82, 2.24) is 9.13 Å². The molecule has 0 saturated heterocycles. The molecule has 0 N–H and O–H groups in total. The summed E-state index contributed by atoms with van der Waals surface area (Å²) in [6.45, 7) is -0.264. The van der Waals surface area contributed by atoms with Crippen LogP contribution < -0.4 is 11.2 Å². The van der Waals surface area contributed by atoms with E-state index in [-0.39, 0.29) is 17.5 Å². The van der Waals surface area contributed by atoms with Crippen LogP contribution in [-0.2, 0) is 19.8 Å². The third kappa shape index (κ3) is 2.77. The predicted octanol–water partition coefficient (Wildman–Crippen LogP) is 2.64. The highest BCUT2D eigenvalue weighted by Gasteiger charge is 2.34. The van der Waals surface area contributed by atoms with Gasteiger partial charge < -0.3 is 0 Å². The van der Waals surface area contributed by atoms with E-state index in [1.807, 2.05) is 0 Å². The maximum atomic E-state index is 13.1. The van der Waals surface area contributed by atoms with Gasteiger partial charge in [-0.1, -0.05) is 24.3 Å². The highest BCUT2D eigenvalue weighted by molar-refractivity contribution is 5.77. The first-order valence-electron chi connectivity index (χ1n) is 7.53. The molecule has 3 aromatic rings. The Kier molecular flexibility index (Phi) is 4.16. The number of fused-ring (bicyclic) bond motifs is 1. The molecule has 5 nitrogen and oxygen atoms in total. The quantitative estimate of drug-likeness (QED) is 0.706. The minimum absolute atomic E-state index is 0.0493. The van der Waals surface area contributed by atoms with E-state index in [1.54, 1.807) is 18.2 Å². The van der Waals surface area contributed by atoms with Crippen LogP contribution in [0.5, 0.6) is 0 Å². The summed E-state index contributed by atoms with van der Waals surface area (Å²) in [6.07, 6.45) is -4.68. The van der Waals surface area contributed by atoms with Gasteiger partial charge >= 0.3 is 11.9 Å². The third-order valence-corrected chi connectivity index (χ3v) is 4.14. The first-order valence-corrected chi connectivity index (χ1v) is 7.53. The molecule has 26 heavy (non-hydrogen) atoms. The smallest absolute Gasteiger partial charge is 0.289 e. The Morgan fingerprint density at radius 2 is 1.77 bits per heavy atom.